The van der Waals surface area contributed by atoms with E-state index in [0.29, 0.717) is 29.9 Å². The molecular formula is C27H22F3N5O2. The SMILES string of the molecule is O=C(Nc1ccc(C2CCN(C(=O)c3ccc4nccnc4c3)CC2)cc1)c1cccc(C(F)(F)F)n1. The van der Waals surface area contributed by atoms with E-state index >= 15 is 0 Å². The average Bonchev–Trinajstić information content (AvgIpc) is 2.92. The van der Waals surface area contributed by atoms with E-state index in [1.165, 1.54) is 6.07 Å². The number of halogens is 3. The molecule has 0 unspecified atom stereocenters. The van der Waals surface area contributed by atoms with Crippen molar-refractivity contribution in [2.24, 2.45) is 0 Å². The highest BCUT2D eigenvalue weighted by Gasteiger charge is 2.33. The van der Waals surface area contributed by atoms with Crippen LogP contribution in [0.5, 0.6) is 0 Å². The molecule has 0 spiro atoms. The molecule has 1 fully saturated rings. The van der Waals surface area contributed by atoms with Crippen molar-refractivity contribution in [2.75, 3.05) is 18.4 Å². The van der Waals surface area contributed by atoms with Crippen LogP contribution in [0.2, 0.25) is 0 Å². The summed E-state index contributed by atoms with van der Waals surface area (Å²) in [7, 11) is 0. The zero-order chi connectivity index (χ0) is 26.0. The molecule has 2 aromatic carbocycles. The number of rotatable bonds is 4. The standard InChI is InChI=1S/C27H22F3N5O2/c28-27(29,30)24-3-1-2-22(34-24)25(36)33-20-7-4-17(5-8-20)18-10-14-35(15-11-18)26(37)19-6-9-21-23(16-19)32-13-12-31-21/h1-9,12-13,16,18H,10-11,14-15H2,(H,33,36). The third-order valence-electron chi connectivity index (χ3n) is 6.41. The van der Waals surface area contributed by atoms with Crippen LogP contribution in [0.1, 0.15) is 50.9 Å². The van der Waals surface area contributed by atoms with E-state index in [9.17, 15) is 22.8 Å². The number of aromatic nitrogens is 3. The second-order valence-electron chi connectivity index (χ2n) is 8.81. The van der Waals surface area contributed by atoms with E-state index in [1.807, 2.05) is 17.0 Å². The van der Waals surface area contributed by atoms with Gasteiger partial charge in [0.25, 0.3) is 11.8 Å². The maximum atomic E-state index is 13.0. The normalized spacial score (nSPS) is 14.5. The number of anilines is 1. The molecule has 3 heterocycles. The van der Waals surface area contributed by atoms with Crippen LogP contribution in [-0.2, 0) is 6.18 Å². The average molecular weight is 506 g/mol. The molecule has 5 rings (SSSR count). The van der Waals surface area contributed by atoms with Gasteiger partial charge in [0.1, 0.15) is 11.4 Å². The van der Waals surface area contributed by atoms with Crippen molar-refractivity contribution in [3.63, 3.8) is 0 Å². The Morgan fingerprint density at radius 1 is 0.892 bits per heavy atom. The highest BCUT2D eigenvalue weighted by molar-refractivity contribution is 6.02. The monoisotopic (exact) mass is 505 g/mol. The number of likely N-dealkylation sites (tertiary alicyclic amines) is 1. The molecule has 37 heavy (non-hydrogen) atoms. The zero-order valence-corrected chi connectivity index (χ0v) is 19.6. The summed E-state index contributed by atoms with van der Waals surface area (Å²) >= 11 is 0. The summed E-state index contributed by atoms with van der Waals surface area (Å²) in [6.07, 6.45) is 0.171. The fraction of sp³-hybridized carbons (Fsp3) is 0.222. The summed E-state index contributed by atoms with van der Waals surface area (Å²) in [5.74, 6) is -0.501. The largest absolute Gasteiger partial charge is 0.433 e. The van der Waals surface area contributed by atoms with Crippen molar-refractivity contribution >= 4 is 28.5 Å². The summed E-state index contributed by atoms with van der Waals surface area (Å²) in [5.41, 5.74) is 2.11. The Bertz CT molecular complexity index is 1450. The molecule has 1 saturated heterocycles. The first-order valence-corrected chi connectivity index (χ1v) is 11.7. The zero-order valence-electron chi connectivity index (χ0n) is 19.6. The number of nitrogens with zero attached hydrogens (tertiary/aromatic N) is 4. The molecule has 2 amide bonds. The van der Waals surface area contributed by atoms with E-state index in [-0.39, 0.29) is 17.5 Å². The summed E-state index contributed by atoms with van der Waals surface area (Å²) < 4.78 is 38.6. The Balaban J connectivity index is 1.18. The van der Waals surface area contributed by atoms with Crippen LogP contribution in [0.25, 0.3) is 11.0 Å². The van der Waals surface area contributed by atoms with E-state index in [2.05, 4.69) is 20.3 Å². The number of alkyl halides is 3. The number of hydrogen-bond acceptors (Lipinski definition) is 5. The van der Waals surface area contributed by atoms with Crippen LogP contribution in [0.4, 0.5) is 18.9 Å². The Hall–Kier alpha value is -4.34. The number of nitrogens with one attached hydrogen (secondary N) is 1. The van der Waals surface area contributed by atoms with E-state index < -0.39 is 17.8 Å². The van der Waals surface area contributed by atoms with E-state index in [4.69, 9.17) is 0 Å². The quantitative estimate of drug-likeness (QED) is 0.406. The minimum Gasteiger partial charge on any atom is -0.339 e. The lowest BCUT2D eigenvalue weighted by Crippen LogP contribution is -2.37. The molecule has 4 aromatic rings. The number of carbonyl (C=O) groups excluding carboxylic acids is 2. The van der Waals surface area contributed by atoms with Gasteiger partial charge in [0.05, 0.1) is 11.0 Å². The Morgan fingerprint density at radius 3 is 2.30 bits per heavy atom. The van der Waals surface area contributed by atoms with Crippen molar-refractivity contribution in [2.45, 2.75) is 24.9 Å². The topological polar surface area (TPSA) is 88.1 Å². The van der Waals surface area contributed by atoms with Crippen LogP contribution < -0.4 is 5.32 Å². The van der Waals surface area contributed by atoms with Crippen LogP contribution in [0, 0.1) is 0 Å². The Morgan fingerprint density at radius 2 is 1.59 bits per heavy atom. The molecule has 1 aliphatic heterocycles. The molecular weight excluding hydrogens is 483 g/mol. The number of hydrogen-bond donors (Lipinski definition) is 1. The molecule has 1 N–H and O–H groups in total. The predicted molar refractivity (Wildman–Crippen MR) is 131 cm³/mol. The maximum absolute atomic E-state index is 13.0. The molecule has 10 heteroatoms. The summed E-state index contributed by atoms with van der Waals surface area (Å²) in [5, 5.41) is 2.59. The lowest BCUT2D eigenvalue weighted by molar-refractivity contribution is -0.141. The molecule has 0 atom stereocenters. The highest BCUT2D eigenvalue weighted by Crippen LogP contribution is 2.30. The molecule has 0 bridgehead atoms. The highest BCUT2D eigenvalue weighted by atomic mass is 19.4. The van der Waals surface area contributed by atoms with Gasteiger partial charge >= 0.3 is 6.18 Å². The minimum absolute atomic E-state index is 0.0349. The first-order chi connectivity index (χ1) is 17.8. The third-order valence-corrected chi connectivity index (χ3v) is 6.41. The van der Waals surface area contributed by atoms with E-state index in [1.54, 1.807) is 42.7 Å². The molecule has 0 aliphatic carbocycles. The number of benzene rings is 2. The van der Waals surface area contributed by atoms with Crippen LogP contribution in [-0.4, -0.2) is 44.8 Å². The Kier molecular flexibility index (Phi) is 6.56. The van der Waals surface area contributed by atoms with Crippen molar-refractivity contribution < 1.29 is 22.8 Å². The molecule has 0 radical (unpaired) electrons. The molecule has 1 aliphatic rings. The lowest BCUT2D eigenvalue weighted by atomic mass is 9.89. The van der Waals surface area contributed by atoms with Gasteiger partial charge in [-0.15, -0.1) is 0 Å². The molecule has 0 saturated carbocycles. The smallest absolute Gasteiger partial charge is 0.339 e. The van der Waals surface area contributed by atoms with Gasteiger partial charge in [-0.25, -0.2) is 4.98 Å². The van der Waals surface area contributed by atoms with Gasteiger partial charge in [-0.1, -0.05) is 18.2 Å². The first kappa shape index (κ1) is 24.4. The van der Waals surface area contributed by atoms with Gasteiger partial charge < -0.3 is 10.2 Å². The van der Waals surface area contributed by atoms with Gasteiger partial charge in [-0.05, 0) is 66.8 Å². The number of pyridine rings is 1. The fourth-order valence-electron chi connectivity index (χ4n) is 4.45. The van der Waals surface area contributed by atoms with Crippen molar-refractivity contribution in [1.29, 1.82) is 0 Å². The van der Waals surface area contributed by atoms with Crippen LogP contribution in [0.15, 0.2) is 73.1 Å². The third kappa shape index (κ3) is 5.42. The first-order valence-electron chi connectivity index (χ1n) is 11.7. The summed E-state index contributed by atoms with van der Waals surface area (Å²) in [6, 6.07) is 15.7. The second kappa shape index (κ2) is 9.96. The van der Waals surface area contributed by atoms with Gasteiger partial charge in [-0.3, -0.25) is 19.6 Å². The van der Waals surface area contributed by atoms with Crippen molar-refractivity contribution in [3.05, 3.63) is 95.6 Å². The number of fused-ring (bicyclic) bond motifs is 1. The summed E-state index contributed by atoms with van der Waals surface area (Å²) in [6.45, 7) is 1.23. The van der Waals surface area contributed by atoms with Crippen LogP contribution >= 0.6 is 0 Å². The number of piperidine rings is 1. The number of amides is 2. The Labute approximate surface area is 210 Å². The fourth-order valence-corrected chi connectivity index (χ4v) is 4.45. The molecule has 2 aromatic heterocycles. The number of carbonyl (C=O) groups is 2. The van der Waals surface area contributed by atoms with E-state index in [0.717, 1.165) is 36.1 Å². The van der Waals surface area contributed by atoms with Crippen molar-refractivity contribution in [3.8, 4) is 0 Å². The van der Waals surface area contributed by atoms with Gasteiger partial charge in [0.2, 0.25) is 0 Å². The molecule has 7 nitrogen and oxygen atoms in total. The van der Waals surface area contributed by atoms with Gasteiger partial charge in [0.15, 0.2) is 0 Å². The van der Waals surface area contributed by atoms with Crippen molar-refractivity contribution in [1.82, 2.24) is 19.9 Å². The second-order valence-corrected chi connectivity index (χ2v) is 8.81. The molecule has 188 valence electrons. The maximum Gasteiger partial charge on any atom is 0.433 e. The van der Waals surface area contributed by atoms with Crippen LogP contribution in [0.3, 0.4) is 0 Å². The van der Waals surface area contributed by atoms with Gasteiger partial charge in [-0.2, -0.15) is 13.2 Å². The predicted octanol–water partition coefficient (Wildman–Crippen LogP) is 5.32. The summed E-state index contributed by atoms with van der Waals surface area (Å²) in [4.78, 5) is 39.1. The van der Waals surface area contributed by atoms with Gasteiger partial charge in [0, 0.05) is 36.7 Å². The minimum atomic E-state index is -4.62. The lowest BCUT2D eigenvalue weighted by Gasteiger charge is -2.32.